The van der Waals surface area contributed by atoms with E-state index in [0.29, 0.717) is 19.4 Å². The Balaban J connectivity index is 2.00. The highest BCUT2D eigenvalue weighted by molar-refractivity contribution is 6.05. The largest absolute Gasteiger partial charge is 0.459 e. The molecule has 2 rings (SSSR count). The number of amides is 4. The van der Waals surface area contributed by atoms with Gasteiger partial charge in [0.05, 0.1) is 12.2 Å². The van der Waals surface area contributed by atoms with Crippen LogP contribution >= 0.6 is 0 Å². The molecule has 0 radical (unpaired) electrons. The molecule has 0 unspecified atom stereocenters. The lowest BCUT2D eigenvalue weighted by atomic mass is 9.96. The van der Waals surface area contributed by atoms with Gasteiger partial charge < -0.3 is 26.1 Å². The van der Waals surface area contributed by atoms with E-state index in [9.17, 15) is 19.2 Å². The first-order valence-electron chi connectivity index (χ1n) is 7.12. The molecule has 1 atom stereocenters. The molecule has 2 heterocycles. The molecule has 4 amide bonds. The molecule has 5 N–H and O–H groups in total. The van der Waals surface area contributed by atoms with Crippen molar-refractivity contribution in [3.63, 3.8) is 0 Å². The van der Waals surface area contributed by atoms with Crippen LogP contribution in [0.5, 0.6) is 0 Å². The van der Waals surface area contributed by atoms with E-state index < -0.39 is 29.7 Å². The number of likely N-dealkylation sites (tertiary alicyclic amines) is 1. The van der Waals surface area contributed by atoms with Crippen molar-refractivity contribution in [2.24, 2.45) is 17.4 Å². The minimum atomic E-state index is -1.56. The van der Waals surface area contributed by atoms with Gasteiger partial charge in [-0.2, -0.15) is 0 Å². The number of hydrogen-bond donors (Lipinski definition) is 3. The number of carbonyl (C=O) groups excluding carboxylic acids is 4. The first kappa shape index (κ1) is 16.5. The zero-order valence-corrected chi connectivity index (χ0v) is 12.4. The first-order valence-corrected chi connectivity index (χ1v) is 7.12. The third kappa shape index (κ3) is 3.87. The number of carbonyl (C=O) groups is 4. The van der Waals surface area contributed by atoms with Crippen LogP contribution in [0.4, 0.5) is 0 Å². The van der Waals surface area contributed by atoms with E-state index in [1.807, 2.05) is 0 Å². The van der Waals surface area contributed by atoms with Crippen LogP contribution in [-0.2, 0) is 14.4 Å². The molecule has 124 valence electrons. The van der Waals surface area contributed by atoms with Crippen LogP contribution in [0.1, 0.15) is 23.4 Å². The van der Waals surface area contributed by atoms with Crippen molar-refractivity contribution in [2.45, 2.75) is 18.9 Å². The predicted molar refractivity (Wildman–Crippen MR) is 77.7 cm³/mol. The molecule has 0 aliphatic carbocycles. The molecule has 0 spiro atoms. The molecule has 0 aromatic carbocycles. The fourth-order valence-corrected chi connectivity index (χ4v) is 2.47. The van der Waals surface area contributed by atoms with Gasteiger partial charge in [0.25, 0.3) is 5.91 Å². The van der Waals surface area contributed by atoms with Gasteiger partial charge in [-0.1, -0.05) is 0 Å². The van der Waals surface area contributed by atoms with Gasteiger partial charge in [-0.3, -0.25) is 19.2 Å². The summed E-state index contributed by atoms with van der Waals surface area (Å²) >= 11 is 0. The van der Waals surface area contributed by atoms with Crippen LogP contribution in [0.2, 0.25) is 0 Å². The van der Waals surface area contributed by atoms with E-state index in [0.717, 1.165) is 0 Å². The van der Waals surface area contributed by atoms with E-state index in [1.54, 1.807) is 12.1 Å². The number of furan rings is 1. The minimum Gasteiger partial charge on any atom is -0.459 e. The van der Waals surface area contributed by atoms with Gasteiger partial charge in [-0.15, -0.1) is 0 Å². The number of nitrogens with two attached hydrogens (primary N) is 2. The monoisotopic (exact) mass is 322 g/mol. The third-order valence-corrected chi connectivity index (χ3v) is 3.67. The molecule has 0 saturated carbocycles. The average Bonchev–Trinajstić information content (AvgIpc) is 3.05. The first-order chi connectivity index (χ1) is 10.9. The molecule has 9 nitrogen and oxygen atoms in total. The highest BCUT2D eigenvalue weighted by atomic mass is 16.3. The molecular formula is C14H18N4O5. The summed E-state index contributed by atoms with van der Waals surface area (Å²) in [6.45, 7) is 0.661. The summed E-state index contributed by atoms with van der Waals surface area (Å²) in [5.41, 5.74) is 10.0. The zero-order valence-electron chi connectivity index (χ0n) is 12.4. The molecule has 1 aromatic heterocycles. The lowest BCUT2D eigenvalue weighted by Crippen LogP contribution is -2.55. The molecule has 23 heavy (non-hydrogen) atoms. The number of nitrogens with zero attached hydrogens (tertiary/aromatic N) is 1. The van der Waals surface area contributed by atoms with Crippen molar-refractivity contribution in [1.29, 1.82) is 0 Å². The van der Waals surface area contributed by atoms with Crippen molar-refractivity contribution >= 4 is 23.6 Å². The quantitative estimate of drug-likeness (QED) is 0.569. The fraction of sp³-hybridized carbons (Fsp3) is 0.429. The maximum Gasteiger partial charge on any atom is 0.289 e. The standard InChI is InChI=1S/C14H18N4O5/c15-11(19)10(12(16)20)17-13(21)8-3-1-5-18(7-8)14(22)9-4-2-6-23-9/h2,4,6,8,10H,1,3,5,7H2,(H2,15,19)(H2,16,20)(H,17,21)/t8-/m1/s1. The second-order valence-corrected chi connectivity index (χ2v) is 5.31. The second-order valence-electron chi connectivity index (χ2n) is 5.31. The molecule has 1 aliphatic heterocycles. The number of rotatable bonds is 5. The Morgan fingerprint density at radius 3 is 2.52 bits per heavy atom. The Hall–Kier alpha value is -2.84. The number of hydrogen-bond acceptors (Lipinski definition) is 5. The van der Waals surface area contributed by atoms with Gasteiger partial charge in [-0.05, 0) is 25.0 Å². The summed E-state index contributed by atoms with van der Waals surface area (Å²) in [6.07, 6.45) is 2.53. The fourth-order valence-electron chi connectivity index (χ4n) is 2.47. The van der Waals surface area contributed by atoms with Crippen LogP contribution in [-0.4, -0.2) is 47.7 Å². The van der Waals surface area contributed by atoms with Crippen molar-refractivity contribution < 1.29 is 23.6 Å². The van der Waals surface area contributed by atoms with E-state index in [2.05, 4.69) is 5.32 Å². The summed E-state index contributed by atoms with van der Waals surface area (Å²) < 4.78 is 5.06. The average molecular weight is 322 g/mol. The Labute approximate surface area is 132 Å². The maximum absolute atomic E-state index is 12.2. The van der Waals surface area contributed by atoms with E-state index >= 15 is 0 Å². The van der Waals surface area contributed by atoms with Gasteiger partial charge in [-0.25, -0.2) is 0 Å². The highest BCUT2D eigenvalue weighted by Gasteiger charge is 2.32. The SMILES string of the molecule is NC(=O)C(NC(=O)[C@@H]1CCCN(C(=O)c2ccco2)C1)C(N)=O. The van der Waals surface area contributed by atoms with Gasteiger partial charge in [0.1, 0.15) is 0 Å². The van der Waals surface area contributed by atoms with Crippen LogP contribution in [0.3, 0.4) is 0 Å². The van der Waals surface area contributed by atoms with Gasteiger partial charge in [0.2, 0.25) is 17.7 Å². The molecular weight excluding hydrogens is 304 g/mol. The Kier molecular flexibility index (Phi) is 4.99. The molecule has 1 aliphatic rings. The molecule has 9 heteroatoms. The van der Waals surface area contributed by atoms with E-state index in [4.69, 9.17) is 15.9 Å². The van der Waals surface area contributed by atoms with Crippen molar-refractivity contribution in [2.75, 3.05) is 13.1 Å². The molecule has 0 bridgehead atoms. The van der Waals surface area contributed by atoms with Gasteiger partial charge in [0.15, 0.2) is 11.8 Å². The predicted octanol–water partition coefficient (Wildman–Crippen LogP) is -1.41. The van der Waals surface area contributed by atoms with Gasteiger partial charge >= 0.3 is 0 Å². The summed E-state index contributed by atoms with van der Waals surface area (Å²) in [6, 6.07) is 1.59. The molecule has 1 fully saturated rings. The third-order valence-electron chi connectivity index (χ3n) is 3.67. The van der Waals surface area contributed by atoms with Gasteiger partial charge in [0, 0.05) is 13.1 Å². The number of nitrogens with one attached hydrogen (secondary N) is 1. The van der Waals surface area contributed by atoms with Crippen molar-refractivity contribution in [1.82, 2.24) is 10.2 Å². The Morgan fingerprint density at radius 2 is 1.96 bits per heavy atom. The van der Waals surface area contributed by atoms with Crippen LogP contribution < -0.4 is 16.8 Å². The minimum absolute atomic E-state index is 0.162. The highest BCUT2D eigenvalue weighted by Crippen LogP contribution is 2.19. The lowest BCUT2D eigenvalue weighted by molar-refractivity contribution is -0.136. The number of piperidine rings is 1. The van der Waals surface area contributed by atoms with Crippen molar-refractivity contribution in [3.8, 4) is 0 Å². The van der Waals surface area contributed by atoms with Crippen LogP contribution in [0.25, 0.3) is 0 Å². The summed E-state index contributed by atoms with van der Waals surface area (Å²) in [7, 11) is 0. The molecule has 1 aromatic rings. The lowest BCUT2D eigenvalue weighted by Gasteiger charge is -2.31. The second kappa shape index (κ2) is 6.95. The Morgan fingerprint density at radius 1 is 1.26 bits per heavy atom. The smallest absolute Gasteiger partial charge is 0.289 e. The van der Waals surface area contributed by atoms with Crippen LogP contribution in [0, 0.1) is 5.92 Å². The summed E-state index contributed by atoms with van der Waals surface area (Å²) in [5.74, 6) is -3.25. The van der Waals surface area contributed by atoms with E-state index in [1.165, 1.54) is 11.2 Å². The van der Waals surface area contributed by atoms with E-state index in [-0.39, 0.29) is 18.2 Å². The number of primary amides is 2. The molecule has 1 saturated heterocycles. The summed E-state index contributed by atoms with van der Waals surface area (Å²) in [4.78, 5) is 48.1. The maximum atomic E-state index is 12.2. The van der Waals surface area contributed by atoms with Crippen LogP contribution in [0.15, 0.2) is 22.8 Å². The zero-order chi connectivity index (χ0) is 17.0. The Bertz CT molecular complexity index is 599. The normalized spacial score (nSPS) is 17.8. The summed E-state index contributed by atoms with van der Waals surface area (Å²) in [5, 5.41) is 2.23. The topological polar surface area (TPSA) is 149 Å². The van der Waals surface area contributed by atoms with Crippen molar-refractivity contribution in [3.05, 3.63) is 24.2 Å².